The second kappa shape index (κ2) is 6.64. The van der Waals surface area contributed by atoms with E-state index in [-0.39, 0.29) is 11.9 Å². The van der Waals surface area contributed by atoms with Gasteiger partial charge in [-0.15, -0.1) is 0 Å². The smallest absolute Gasteiger partial charge is 0.326 e. The molecule has 0 aromatic heterocycles. The van der Waals surface area contributed by atoms with Crippen molar-refractivity contribution in [3.05, 3.63) is 0 Å². The lowest BCUT2D eigenvalue weighted by Gasteiger charge is -2.32. The summed E-state index contributed by atoms with van der Waals surface area (Å²) >= 11 is 0. The van der Waals surface area contributed by atoms with E-state index in [9.17, 15) is 10.1 Å². The van der Waals surface area contributed by atoms with Crippen molar-refractivity contribution in [2.75, 3.05) is 7.11 Å². The standard InChI is InChI=1S/C14H25NO2/c1-10(2)7-12(5)14(9-15,8-11(3)4)13(16)17-6/h10-12H,7-8H2,1-6H3. The number of hydrogen-bond acceptors (Lipinski definition) is 3. The van der Waals surface area contributed by atoms with E-state index < -0.39 is 5.41 Å². The van der Waals surface area contributed by atoms with Gasteiger partial charge < -0.3 is 4.74 Å². The SMILES string of the molecule is COC(=O)C(C#N)(CC(C)C)C(C)CC(C)C. The van der Waals surface area contributed by atoms with Crippen LogP contribution in [0.15, 0.2) is 0 Å². The lowest BCUT2D eigenvalue weighted by atomic mass is 9.69. The van der Waals surface area contributed by atoms with Gasteiger partial charge in [0.2, 0.25) is 0 Å². The highest BCUT2D eigenvalue weighted by atomic mass is 16.5. The van der Waals surface area contributed by atoms with Gasteiger partial charge in [-0.05, 0) is 30.6 Å². The lowest BCUT2D eigenvalue weighted by molar-refractivity contribution is -0.153. The molecule has 0 saturated carbocycles. The Morgan fingerprint density at radius 3 is 2.06 bits per heavy atom. The first-order valence-electron chi connectivity index (χ1n) is 6.29. The Hall–Kier alpha value is -1.04. The van der Waals surface area contributed by atoms with Crippen LogP contribution >= 0.6 is 0 Å². The summed E-state index contributed by atoms with van der Waals surface area (Å²) in [6.45, 7) is 10.2. The van der Waals surface area contributed by atoms with Crippen LogP contribution in [0.1, 0.15) is 47.5 Å². The van der Waals surface area contributed by atoms with Gasteiger partial charge in [0.05, 0.1) is 13.2 Å². The van der Waals surface area contributed by atoms with Gasteiger partial charge in [-0.1, -0.05) is 34.6 Å². The molecule has 0 heterocycles. The van der Waals surface area contributed by atoms with Crippen molar-refractivity contribution >= 4 is 5.97 Å². The van der Waals surface area contributed by atoms with Crippen molar-refractivity contribution in [2.24, 2.45) is 23.2 Å². The summed E-state index contributed by atoms with van der Waals surface area (Å²) in [5, 5.41) is 9.46. The number of nitriles is 1. The Balaban J connectivity index is 5.19. The molecule has 0 aliphatic rings. The lowest BCUT2D eigenvalue weighted by Crippen LogP contribution is -2.39. The Bertz CT molecular complexity index is 291. The van der Waals surface area contributed by atoms with Gasteiger partial charge in [0.1, 0.15) is 0 Å². The predicted octanol–water partition coefficient (Wildman–Crippen LogP) is 3.40. The first-order chi connectivity index (χ1) is 7.80. The number of carbonyl (C=O) groups excluding carboxylic acids is 1. The number of carbonyl (C=O) groups is 1. The fourth-order valence-corrected chi connectivity index (χ4v) is 2.42. The van der Waals surface area contributed by atoms with Crippen molar-refractivity contribution < 1.29 is 9.53 Å². The zero-order valence-electron chi connectivity index (χ0n) is 11.9. The number of hydrogen-bond donors (Lipinski definition) is 0. The zero-order valence-corrected chi connectivity index (χ0v) is 11.9. The molecule has 0 radical (unpaired) electrons. The van der Waals surface area contributed by atoms with E-state index in [1.54, 1.807) is 0 Å². The topological polar surface area (TPSA) is 50.1 Å². The third kappa shape index (κ3) is 4.03. The van der Waals surface area contributed by atoms with E-state index in [4.69, 9.17) is 4.74 Å². The fourth-order valence-electron chi connectivity index (χ4n) is 2.42. The number of nitrogens with zero attached hydrogens (tertiary/aromatic N) is 1. The molecule has 0 fully saturated rings. The maximum absolute atomic E-state index is 12.0. The highest BCUT2D eigenvalue weighted by Gasteiger charge is 2.45. The third-order valence-corrected chi connectivity index (χ3v) is 3.15. The van der Waals surface area contributed by atoms with Crippen molar-refractivity contribution in [1.82, 2.24) is 0 Å². The van der Waals surface area contributed by atoms with Crippen LogP contribution in [0, 0.1) is 34.5 Å². The van der Waals surface area contributed by atoms with Crippen LogP contribution in [0.2, 0.25) is 0 Å². The van der Waals surface area contributed by atoms with E-state index in [0.717, 1.165) is 6.42 Å². The molecular weight excluding hydrogens is 214 g/mol. The van der Waals surface area contributed by atoms with Gasteiger partial charge >= 0.3 is 5.97 Å². The summed E-state index contributed by atoms with van der Waals surface area (Å²) in [4.78, 5) is 12.0. The van der Waals surface area contributed by atoms with Gasteiger partial charge in [-0.25, -0.2) is 0 Å². The van der Waals surface area contributed by atoms with Gasteiger partial charge in [0, 0.05) is 0 Å². The molecule has 0 saturated heterocycles. The molecular formula is C14H25NO2. The predicted molar refractivity (Wildman–Crippen MR) is 68.1 cm³/mol. The van der Waals surface area contributed by atoms with Crippen LogP contribution in [-0.2, 0) is 9.53 Å². The average molecular weight is 239 g/mol. The third-order valence-electron chi connectivity index (χ3n) is 3.15. The monoisotopic (exact) mass is 239 g/mol. The van der Waals surface area contributed by atoms with Crippen LogP contribution in [0.25, 0.3) is 0 Å². The molecule has 0 amide bonds. The average Bonchev–Trinajstić information content (AvgIpc) is 2.23. The zero-order chi connectivity index (χ0) is 13.6. The molecule has 17 heavy (non-hydrogen) atoms. The minimum atomic E-state index is -0.993. The minimum absolute atomic E-state index is 0.0161. The van der Waals surface area contributed by atoms with Crippen molar-refractivity contribution in [2.45, 2.75) is 47.5 Å². The fraction of sp³-hybridized carbons (Fsp3) is 0.857. The van der Waals surface area contributed by atoms with Crippen LogP contribution in [0.4, 0.5) is 0 Å². The molecule has 0 aromatic carbocycles. The molecule has 0 rings (SSSR count). The number of rotatable bonds is 6. The van der Waals surface area contributed by atoms with Gasteiger partial charge in [0.15, 0.2) is 5.41 Å². The van der Waals surface area contributed by atoms with Crippen LogP contribution in [-0.4, -0.2) is 13.1 Å². The summed E-state index contributed by atoms with van der Waals surface area (Å²) in [6.07, 6.45) is 1.42. The highest BCUT2D eigenvalue weighted by molar-refractivity contribution is 5.80. The van der Waals surface area contributed by atoms with E-state index in [0.29, 0.717) is 18.3 Å². The van der Waals surface area contributed by atoms with E-state index >= 15 is 0 Å². The summed E-state index contributed by atoms with van der Waals surface area (Å²) in [5.74, 6) is 0.391. The maximum Gasteiger partial charge on any atom is 0.326 e. The number of ether oxygens (including phenoxy) is 1. The van der Waals surface area contributed by atoms with Crippen LogP contribution in [0.3, 0.4) is 0 Å². The van der Waals surface area contributed by atoms with E-state index in [1.165, 1.54) is 7.11 Å². The second-order valence-electron chi connectivity index (χ2n) is 5.70. The Morgan fingerprint density at radius 2 is 1.76 bits per heavy atom. The number of methoxy groups -OCH3 is 1. The van der Waals surface area contributed by atoms with Crippen molar-refractivity contribution in [3.63, 3.8) is 0 Å². The summed E-state index contributed by atoms with van der Waals surface area (Å²) in [7, 11) is 1.36. The molecule has 2 atom stereocenters. The maximum atomic E-state index is 12.0. The quantitative estimate of drug-likeness (QED) is 0.667. The normalized spacial score (nSPS) is 16.4. The molecule has 0 aliphatic carbocycles. The molecule has 0 N–H and O–H groups in total. The largest absolute Gasteiger partial charge is 0.468 e. The summed E-state index contributed by atoms with van der Waals surface area (Å²) in [6, 6.07) is 2.23. The van der Waals surface area contributed by atoms with Crippen molar-refractivity contribution in [1.29, 1.82) is 5.26 Å². The molecule has 3 nitrogen and oxygen atoms in total. The van der Waals surface area contributed by atoms with Gasteiger partial charge in [-0.3, -0.25) is 4.79 Å². The van der Waals surface area contributed by atoms with Crippen LogP contribution in [0.5, 0.6) is 0 Å². The minimum Gasteiger partial charge on any atom is -0.468 e. The van der Waals surface area contributed by atoms with Crippen molar-refractivity contribution in [3.8, 4) is 6.07 Å². The molecule has 0 bridgehead atoms. The van der Waals surface area contributed by atoms with Crippen LogP contribution < -0.4 is 0 Å². The Morgan fingerprint density at radius 1 is 1.24 bits per heavy atom. The highest BCUT2D eigenvalue weighted by Crippen LogP contribution is 2.38. The first kappa shape index (κ1) is 16.0. The summed E-state index contributed by atoms with van der Waals surface area (Å²) < 4.78 is 4.85. The Labute approximate surface area is 105 Å². The molecule has 0 aliphatic heterocycles. The second-order valence-corrected chi connectivity index (χ2v) is 5.70. The number of esters is 1. The molecule has 0 spiro atoms. The first-order valence-corrected chi connectivity index (χ1v) is 6.29. The molecule has 98 valence electrons. The molecule has 0 aromatic rings. The Kier molecular flexibility index (Phi) is 6.23. The summed E-state index contributed by atoms with van der Waals surface area (Å²) in [5.41, 5.74) is -0.993. The molecule has 3 heteroatoms. The molecule has 2 unspecified atom stereocenters. The van der Waals surface area contributed by atoms with E-state index in [1.807, 2.05) is 20.8 Å². The van der Waals surface area contributed by atoms with Gasteiger partial charge in [-0.2, -0.15) is 5.26 Å². The van der Waals surface area contributed by atoms with Gasteiger partial charge in [0.25, 0.3) is 0 Å². The van der Waals surface area contributed by atoms with E-state index in [2.05, 4.69) is 19.9 Å².